The minimum atomic E-state index is 0.429. The van der Waals surface area contributed by atoms with Gasteiger partial charge in [0.25, 0.3) is 0 Å². The maximum absolute atomic E-state index is 4.95. The molecule has 0 saturated carbocycles. The average molecular weight is 142 g/mol. The normalized spacial score (nSPS) is 25.9. The molecule has 1 heterocycles. The maximum Gasteiger partial charge on any atom is 0.0811 e. The van der Waals surface area contributed by atoms with E-state index < -0.39 is 0 Å². The summed E-state index contributed by atoms with van der Waals surface area (Å²) < 4.78 is 0. The van der Waals surface area contributed by atoms with Crippen molar-refractivity contribution < 1.29 is 0 Å². The van der Waals surface area contributed by atoms with Crippen molar-refractivity contribution in [3.63, 3.8) is 0 Å². The Bertz CT molecular complexity index is 142. The molecule has 1 rings (SSSR count). The number of hydrogen-bond acceptors (Lipinski definition) is 2. The van der Waals surface area contributed by atoms with Gasteiger partial charge in [-0.2, -0.15) is 0 Å². The van der Waals surface area contributed by atoms with Crippen LogP contribution in [0.5, 0.6) is 0 Å². The molecule has 0 bridgehead atoms. The largest absolute Gasteiger partial charge is 0.356 e. The van der Waals surface area contributed by atoms with E-state index in [0.717, 1.165) is 11.4 Å². The third-order valence-electron chi connectivity index (χ3n) is 1.35. The minimum absolute atomic E-state index is 0.429. The van der Waals surface area contributed by atoms with Gasteiger partial charge < -0.3 is 10.6 Å². The summed E-state index contributed by atoms with van der Waals surface area (Å²) in [5, 5.41) is 6.08. The van der Waals surface area contributed by atoms with E-state index >= 15 is 0 Å². The number of hydrogen-bond donors (Lipinski definition) is 2. The molecule has 1 aliphatic heterocycles. The van der Waals surface area contributed by atoms with Gasteiger partial charge in [-0.05, 0) is 13.2 Å². The van der Waals surface area contributed by atoms with Crippen LogP contribution in [-0.4, -0.2) is 18.1 Å². The summed E-state index contributed by atoms with van der Waals surface area (Å²) >= 11 is 4.95. The molecule has 0 fully saturated rings. The highest BCUT2D eigenvalue weighted by Crippen LogP contribution is 1.99. The van der Waals surface area contributed by atoms with Crippen LogP contribution in [-0.2, 0) is 0 Å². The second-order valence-electron chi connectivity index (χ2n) is 2.03. The van der Waals surface area contributed by atoms with E-state index in [1.165, 1.54) is 0 Å². The Labute approximate surface area is 60.3 Å². The molecule has 0 radical (unpaired) electrons. The zero-order valence-electron chi connectivity index (χ0n) is 5.35. The van der Waals surface area contributed by atoms with Crippen molar-refractivity contribution in [2.24, 2.45) is 0 Å². The van der Waals surface area contributed by atoms with Gasteiger partial charge >= 0.3 is 0 Å². The topological polar surface area (TPSA) is 24.1 Å². The van der Waals surface area contributed by atoms with E-state index in [9.17, 15) is 0 Å². The summed E-state index contributed by atoms with van der Waals surface area (Å²) in [6.45, 7) is 0. The first-order valence-electron chi connectivity index (χ1n) is 2.96. The van der Waals surface area contributed by atoms with Crippen LogP contribution in [0, 0.1) is 0 Å². The molecule has 0 aliphatic carbocycles. The van der Waals surface area contributed by atoms with E-state index in [0.29, 0.717) is 6.04 Å². The highest BCUT2D eigenvalue weighted by molar-refractivity contribution is 7.80. The van der Waals surface area contributed by atoms with Crippen LogP contribution in [0.1, 0.15) is 6.42 Å². The molecule has 1 unspecified atom stereocenters. The van der Waals surface area contributed by atoms with Gasteiger partial charge in [0.15, 0.2) is 0 Å². The van der Waals surface area contributed by atoms with Crippen LogP contribution in [0.15, 0.2) is 12.3 Å². The Balaban J connectivity index is 2.49. The van der Waals surface area contributed by atoms with Crippen LogP contribution in [0.4, 0.5) is 0 Å². The van der Waals surface area contributed by atoms with Crippen molar-refractivity contribution in [1.82, 2.24) is 10.6 Å². The Kier molecular flexibility index (Phi) is 2.19. The van der Waals surface area contributed by atoms with Crippen LogP contribution >= 0.6 is 12.2 Å². The van der Waals surface area contributed by atoms with E-state index in [2.05, 4.69) is 16.7 Å². The predicted octanol–water partition coefficient (Wildman–Crippen LogP) is 0.409. The van der Waals surface area contributed by atoms with Gasteiger partial charge in [0, 0.05) is 12.5 Å². The zero-order valence-corrected chi connectivity index (χ0v) is 6.16. The second kappa shape index (κ2) is 2.94. The van der Waals surface area contributed by atoms with Crippen LogP contribution < -0.4 is 10.6 Å². The van der Waals surface area contributed by atoms with Crippen LogP contribution in [0.2, 0.25) is 0 Å². The number of rotatable bonds is 1. The predicted molar refractivity (Wildman–Crippen MR) is 42.3 cm³/mol. The number of likely N-dealkylation sites (N-methyl/N-ethyl adjacent to an activating group) is 1. The van der Waals surface area contributed by atoms with E-state index in [4.69, 9.17) is 12.2 Å². The van der Waals surface area contributed by atoms with Crippen molar-refractivity contribution in [2.75, 3.05) is 7.05 Å². The highest BCUT2D eigenvalue weighted by Gasteiger charge is 2.07. The Morgan fingerprint density at radius 2 is 2.67 bits per heavy atom. The average Bonchev–Trinajstić information content (AvgIpc) is 1.88. The Morgan fingerprint density at radius 1 is 1.89 bits per heavy atom. The molecule has 1 aliphatic rings. The van der Waals surface area contributed by atoms with Gasteiger partial charge in [0.1, 0.15) is 0 Å². The second-order valence-corrected chi connectivity index (χ2v) is 2.52. The summed E-state index contributed by atoms with van der Waals surface area (Å²) in [6.07, 6.45) is 4.87. The molecule has 2 nitrogen and oxygen atoms in total. The van der Waals surface area contributed by atoms with Gasteiger partial charge in [-0.15, -0.1) is 0 Å². The summed E-state index contributed by atoms with van der Waals surface area (Å²) in [5.41, 5.74) is 0. The van der Waals surface area contributed by atoms with Crippen molar-refractivity contribution >= 4 is 17.2 Å². The molecule has 0 spiro atoms. The SMILES string of the molecule is CNC1C=CNC(=S)C1. The van der Waals surface area contributed by atoms with Gasteiger partial charge in [0.2, 0.25) is 0 Å². The first-order chi connectivity index (χ1) is 4.33. The Morgan fingerprint density at radius 3 is 3.11 bits per heavy atom. The van der Waals surface area contributed by atoms with Crippen molar-refractivity contribution in [3.8, 4) is 0 Å². The highest BCUT2D eigenvalue weighted by atomic mass is 32.1. The quantitative estimate of drug-likeness (QED) is 0.518. The molecule has 0 aromatic heterocycles. The van der Waals surface area contributed by atoms with Crippen molar-refractivity contribution in [3.05, 3.63) is 12.3 Å². The lowest BCUT2D eigenvalue weighted by Gasteiger charge is -2.16. The third kappa shape index (κ3) is 1.77. The molecule has 3 heteroatoms. The molecule has 0 saturated heterocycles. The lowest BCUT2D eigenvalue weighted by Crippen LogP contribution is -2.33. The molecule has 2 N–H and O–H groups in total. The van der Waals surface area contributed by atoms with Crippen LogP contribution in [0.25, 0.3) is 0 Å². The summed E-state index contributed by atoms with van der Waals surface area (Å²) in [7, 11) is 1.93. The molecular formula is C6H10N2S. The number of thiocarbonyl (C=S) groups is 1. The number of nitrogens with one attached hydrogen (secondary N) is 2. The van der Waals surface area contributed by atoms with Gasteiger partial charge in [-0.1, -0.05) is 18.3 Å². The minimum Gasteiger partial charge on any atom is -0.356 e. The Hall–Kier alpha value is -0.410. The third-order valence-corrected chi connectivity index (χ3v) is 1.63. The first kappa shape index (κ1) is 6.71. The monoisotopic (exact) mass is 142 g/mol. The molecule has 0 aromatic carbocycles. The zero-order chi connectivity index (χ0) is 6.69. The van der Waals surface area contributed by atoms with Crippen molar-refractivity contribution in [1.29, 1.82) is 0 Å². The smallest absolute Gasteiger partial charge is 0.0811 e. The van der Waals surface area contributed by atoms with Gasteiger partial charge in [0.05, 0.1) is 4.99 Å². The van der Waals surface area contributed by atoms with Gasteiger partial charge in [-0.25, -0.2) is 0 Å². The molecule has 9 heavy (non-hydrogen) atoms. The molecular weight excluding hydrogens is 132 g/mol. The molecule has 0 aromatic rings. The lowest BCUT2D eigenvalue weighted by molar-refractivity contribution is 0.676. The van der Waals surface area contributed by atoms with Gasteiger partial charge in [-0.3, -0.25) is 0 Å². The summed E-state index contributed by atoms with van der Waals surface area (Å²) in [6, 6.07) is 0.429. The summed E-state index contributed by atoms with van der Waals surface area (Å²) in [4.78, 5) is 0.914. The van der Waals surface area contributed by atoms with E-state index in [1.807, 2.05) is 13.2 Å². The fourth-order valence-electron chi connectivity index (χ4n) is 0.782. The van der Waals surface area contributed by atoms with Crippen LogP contribution in [0.3, 0.4) is 0 Å². The molecule has 1 atom stereocenters. The lowest BCUT2D eigenvalue weighted by atomic mass is 10.2. The fourth-order valence-corrected chi connectivity index (χ4v) is 1.03. The van der Waals surface area contributed by atoms with E-state index in [-0.39, 0.29) is 0 Å². The molecule has 0 amide bonds. The first-order valence-corrected chi connectivity index (χ1v) is 3.37. The van der Waals surface area contributed by atoms with Crippen molar-refractivity contribution in [2.45, 2.75) is 12.5 Å². The van der Waals surface area contributed by atoms with E-state index in [1.54, 1.807) is 0 Å². The molecule has 50 valence electrons. The standard InChI is InChI=1S/C6H10N2S/c1-7-5-2-3-8-6(9)4-5/h2-3,5,7H,4H2,1H3,(H,8,9). The fraction of sp³-hybridized carbons (Fsp3) is 0.500. The summed E-state index contributed by atoms with van der Waals surface area (Å²) in [5.74, 6) is 0. The maximum atomic E-state index is 4.95.